The monoisotopic (exact) mass is 481 g/mol. The third kappa shape index (κ3) is 3.92. The van der Waals surface area contributed by atoms with Gasteiger partial charge >= 0.3 is 5.97 Å². The first kappa shape index (κ1) is 22.4. The maximum Gasteiger partial charge on any atom is 0.329 e. The van der Waals surface area contributed by atoms with Crippen molar-refractivity contribution in [1.82, 2.24) is 25.3 Å². The van der Waals surface area contributed by atoms with Crippen molar-refractivity contribution >= 4 is 22.8 Å². The second-order valence-electron chi connectivity index (χ2n) is 10.4. The molecule has 4 aromatic rings. The Morgan fingerprint density at radius 2 is 1.83 bits per heavy atom. The summed E-state index contributed by atoms with van der Waals surface area (Å²) in [5, 5.41) is 22.3. The molecule has 0 spiro atoms. The van der Waals surface area contributed by atoms with E-state index in [-0.39, 0.29) is 30.1 Å². The van der Waals surface area contributed by atoms with E-state index in [9.17, 15) is 14.7 Å². The van der Waals surface area contributed by atoms with Gasteiger partial charge in [0, 0.05) is 29.3 Å². The van der Waals surface area contributed by atoms with Gasteiger partial charge in [0.2, 0.25) is 0 Å². The predicted molar refractivity (Wildman–Crippen MR) is 134 cm³/mol. The van der Waals surface area contributed by atoms with Gasteiger partial charge in [-0.05, 0) is 60.4 Å². The Balaban J connectivity index is 1.13. The van der Waals surface area contributed by atoms with Crippen LogP contribution >= 0.6 is 0 Å². The van der Waals surface area contributed by atoms with E-state index in [1.165, 1.54) is 5.56 Å². The molecule has 0 atom stereocenters. The Morgan fingerprint density at radius 3 is 2.56 bits per heavy atom. The number of carbonyl (C=O) groups excluding carboxylic acids is 1. The van der Waals surface area contributed by atoms with Crippen molar-refractivity contribution in [1.29, 1.82) is 0 Å². The molecule has 2 saturated carbocycles. The number of hydrogen-bond acceptors (Lipinski definition) is 5. The van der Waals surface area contributed by atoms with E-state index < -0.39 is 11.5 Å². The molecule has 1 amide bonds. The van der Waals surface area contributed by atoms with Crippen molar-refractivity contribution in [3.63, 3.8) is 0 Å². The fraction of sp³-hybridized carbons (Fsp3) is 0.321. The maximum absolute atomic E-state index is 12.9. The van der Waals surface area contributed by atoms with Crippen LogP contribution in [-0.4, -0.2) is 42.5 Å². The molecule has 0 radical (unpaired) electrons. The van der Waals surface area contributed by atoms with Crippen LogP contribution in [0.2, 0.25) is 0 Å². The number of amides is 1. The van der Waals surface area contributed by atoms with Crippen LogP contribution in [0, 0.1) is 0 Å². The maximum atomic E-state index is 12.9. The van der Waals surface area contributed by atoms with Gasteiger partial charge in [-0.3, -0.25) is 9.78 Å². The topological polar surface area (TPSA) is 110 Å². The first-order valence-corrected chi connectivity index (χ1v) is 12.2. The van der Waals surface area contributed by atoms with E-state index in [1.54, 1.807) is 23.0 Å². The highest BCUT2D eigenvalue weighted by atomic mass is 16.4. The average molecular weight is 482 g/mol. The van der Waals surface area contributed by atoms with E-state index in [0.29, 0.717) is 12.1 Å². The minimum Gasteiger partial charge on any atom is -0.480 e. The smallest absolute Gasteiger partial charge is 0.329 e. The zero-order chi connectivity index (χ0) is 24.9. The Kier molecular flexibility index (Phi) is 5.14. The third-order valence-electron chi connectivity index (χ3n) is 7.82. The molecule has 182 valence electrons. The van der Waals surface area contributed by atoms with Gasteiger partial charge in [0.05, 0.1) is 17.8 Å². The molecule has 8 nitrogen and oxygen atoms in total. The van der Waals surface area contributed by atoms with Crippen molar-refractivity contribution in [2.24, 2.45) is 0 Å². The van der Waals surface area contributed by atoms with Gasteiger partial charge in [-0.25, -0.2) is 9.48 Å². The Hall–Kier alpha value is -4.07. The fourth-order valence-corrected chi connectivity index (χ4v) is 5.16. The Morgan fingerprint density at radius 1 is 1.08 bits per heavy atom. The number of rotatable bonds is 7. The van der Waals surface area contributed by atoms with Crippen LogP contribution in [-0.2, 0) is 16.8 Å². The number of aliphatic carboxylic acids is 1. The van der Waals surface area contributed by atoms with E-state index in [2.05, 4.69) is 27.5 Å². The zero-order valence-electron chi connectivity index (χ0n) is 20.0. The quantitative estimate of drug-likeness (QED) is 0.412. The highest BCUT2D eigenvalue weighted by Crippen LogP contribution is 2.47. The molecule has 2 aliphatic carbocycles. The van der Waals surface area contributed by atoms with Crippen LogP contribution < -0.4 is 5.32 Å². The predicted octanol–water partition coefficient (Wildman–Crippen LogP) is 4.06. The molecule has 2 heterocycles. The van der Waals surface area contributed by atoms with Crippen LogP contribution in [0.25, 0.3) is 10.9 Å². The largest absolute Gasteiger partial charge is 0.480 e. The zero-order valence-corrected chi connectivity index (χ0v) is 20.0. The molecule has 8 heteroatoms. The minimum absolute atomic E-state index is 0.0852. The summed E-state index contributed by atoms with van der Waals surface area (Å²) in [7, 11) is 0. The summed E-state index contributed by atoms with van der Waals surface area (Å²) in [5.41, 5.74) is 3.31. The van der Waals surface area contributed by atoms with Crippen molar-refractivity contribution in [3.8, 4) is 0 Å². The van der Waals surface area contributed by atoms with Gasteiger partial charge < -0.3 is 10.4 Å². The van der Waals surface area contributed by atoms with Crippen LogP contribution in [0.5, 0.6) is 0 Å². The summed E-state index contributed by atoms with van der Waals surface area (Å²) >= 11 is 0. The lowest BCUT2D eigenvalue weighted by molar-refractivity contribution is -0.149. The standard InChI is InChI=1S/C28H27N5O3/c1-27(11-12-27)22-9-7-19(8-10-22)25(34)30-28(26(35)36)14-21(15-28)23-17-33(32-31-23)16-20-5-2-4-18-6-3-13-29-24(18)20/h2-10,13,17,21H,11-12,14-16H2,1H3,(H,30,34)(H,35,36). The second-order valence-corrected chi connectivity index (χ2v) is 10.4. The van der Waals surface area contributed by atoms with Gasteiger partial charge in [0.25, 0.3) is 5.91 Å². The second kappa shape index (κ2) is 8.26. The average Bonchev–Trinajstić information content (AvgIpc) is 3.45. The van der Waals surface area contributed by atoms with E-state index in [0.717, 1.165) is 35.0 Å². The Bertz CT molecular complexity index is 1460. The number of benzene rings is 2. The van der Waals surface area contributed by atoms with Gasteiger partial charge in [0.15, 0.2) is 0 Å². The molecule has 2 N–H and O–H groups in total. The van der Waals surface area contributed by atoms with Crippen molar-refractivity contribution in [2.45, 2.75) is 56.0 Å². The molecule has 2 aliphatic rings. The lowest BCUT2D eigenvalue weighted by Crippen LogP contribution is -2.61. The number of fused-ring (bicyclic) bond motifs is 1. The van der Waals surface area contributed by atoms with Gasteiger partial charge in [0.1, 0.15) is 5.54 Å². The molecule has 2 aromatic heterocycles. The normalized spacial score (nSPS) is 22.1. The molecular formula is C28H27N5O3. The van der Waals surface area contributed by atoms with E-state index in [4.69, 9.17) is 0 Å². The number of pyridine rings is 1. The first-order chi connectivity index (χ1) is 17.4. The summed E-state index contributed by atoms with van der Waals surface area (Å²) < 4.78 is 1.75. The van der Waals surface area contributed by atoms with Gasteiger partial charge in [-0.1, -0.05) is 48.5 Å². The number of carboxylic acids is 1. The molecule has 36 heavy (non-hydrogen) atoms. The molecule has 0 bridgehead atoms. The molecule has 2 fully saturated rings. The molecule has 0 saturated heterocycles. The molecule has 2 aromatic carbocycles. The number of aromatic nitrogens is 4. The SMILES string of the molecule is CC1(c2ccc(C(=O)NC3(C(=O)O)CC(c4cn(Cc5cccc6cccnc56)nn4)C3)cc2)CC1. The lowest BCUT2D eigenvalue weighted by Gasteiger charge is -2.43. The summed E-state index contributed by atoms with van der Waals surface area (Å²) in [5.74, 6) is -1.48. The molecule has 0 aliphatic heterocycles. The lowest BCUT2D eigenvalue weighted by atomic mass is 9.67. The van der Waals surface area contributed by atoms with Crippen LogP contribution in [0.15, 0.2) is 67.0 Å². The van der Waals surface area contributed by atoms with Gasteiger partial charge in [-0.2, -0.15) is 0 Å². The van der Waals surface area contributed by atoms with E-state index >= 15 is 0 Å². The van der Waals surface area contributed by atoms with Gasteiger partial charge in [-0.15, -0.1) is 5.10 Å². The Labute approximate surface area is 208 Å². The number of nitrogens with one attached hydrogen (secondary N) is 1. The molecule has 0 unspecified atom stereocenters. The minimum atomic E-state index is -1.30. The van der Waals surface area contributed by atoms with Crippen molar-refractivity contribution in [3.05, 3.63) is 89.4 Å². The van der Waals surface area contributed by atoms with Crippen LogP contribution in [0.1, 0.15) is 65.7 Å². The highest BCUT2D eigenvalue weighted by Gasteiger charge is 2.53. The summed E-state index contributed by atoms with van der Waals surface area (Å²) in [6.45, 7) is 2.73. The number of hydrogen-bond donors (Lipinski definition) is 2. The summed E-state index contributed by atoms with van der Waals surface area (Å²) in [6, 6.07) is 17.5. The summed E-state index contributed by atoms with van der Waals surface area (Å²) in [4.78, 5) is 29.5. The number of nitrogens with zero attached hydrogens (tertiary/aromatic N) is 4. The highest BCUT2D eigenvalue weighted by molar-refractivity contribution is 5.98. The number of carboxylic acid groups (broad SMARTS) is 1. The van der Waals surface area contributed by atoms with E-state index in [1.807, 2.05) is 48.7 Å². The third-order valence-corrected chi connectivity index (χ3v) is 7.82. The van der Waals surface area contributed by atoms with Crippen molar-refractivity contribution < 1.29 is 14.7 Å². The number of para-hydroxylation sites is 1. The number of carbonyl (C=O) groups is 2. The molecule has 6 rings (SSSR count). The summed E-state index contributed by atoms with van der Waals surface area (Å²) in [6.07, 6.45) is 6.50. The van der Waals surface area contributed by atoms with Crippen LogP contribution in [0.3, 0.4) is 0 Å². The van der Waals surface area contributed by atoms with Crippen molar-refractivity contribution in [2.75, 3.05) is 0 Å². The fourth-order valence-electron chi connectivity index (χ4n) is 5.16. The van der Waals surface area contributed by atoms with Crippen LogP contribution in [0.4, 0.5) is 0 Å². The molecular weight excluding hydrogens is 454 g/mol. The first-order valence-electron chi connectivity index (χ1n) is 12.2.